The van der Waals surface area contributed by atoms with Gasteiger partial charge in [-0.2, -0.15) is 4.57 Å². The first kappa shape index (κ1) is 9.53. The van der Waals surface area contributed by atoms with Crippen LogP contribution in [0.1, 0.15) is 13.3 Å². The molecule has 0 amide bonds. The van der Waals surface area contributed by atoms with Crippen LogP contribution in [0, 0.1) is 12.3 Å². The predicted molar refractivity (Wildman–Crippen MR) is 49.1 cm³/mol. The fourth-order valence-corrected chi connectivity index (χ4v) is 0.896. The number of terminal acetylenes is 1. The van der Waals surface area contributed by atoms with Crippen LogP contribution in [0.25, 0.3) is 0 Å². The molecule has 0 aliphatic rings. The van der Waals surface area contributed by atoms with Crippen molar-refractivity contribution in [3.63, 3.8) is 0 Å². The van der Waals surface area contributed by atoms with Crippen LogP contribution in [0.4, 0.5) is 0 Å². The van der Waals surface area contributed by atoms with Crippen LogP contribution in [-0.4, -0.2) is 11.6 Å². The van der Waals surface area contributed by atoms with E-state index in [1.54, 1.807) is 6.20 Å². The molecule has 0 radical (unpaired) electrons. The highest BCUT2D eigenvalue weighted by atomic mass is 16.5. The molecular weight excluding hydrogens is 164 g/mol. The van der Waals surface area contributed by atoms with E-state index in [-0.39, 0.29) is 0 Å². The van der Waals surface area contributed by atoms with E-state index in [0.29, 0.717) is 18.9 Å². The predicted octanol–water partition coefficient (Wildman–Crippen LogP) is 0.791. The highest BCUT2D eigenvalue weighted by Crippen LogP contribution is 1.99. The summed E-state index contributed by atoms with van der Waals surface area (Å²) in [5, 5.41) is 0. The normalized spacial score (nSPS) is 9.23. The minimum absolute atomic E-state index is 0.525. The van der Waals surface area contributed by atoms with Gasteiger partial charge in [-0.3, -0.25) is 0 Å². The van der Waals surface area contributed by atoms with E-state index in [2.05, 4.69) is 17.8 Å². The average Bonchev–Trinajstić information content (AvgIpc) is 2.19. The molecule has 3 nitrogen and oxygen atoms in total. The summed E-state index contributed by atoms with van der Waals surface area (Å²) in [6, 6.07) is 0. The molecule has 3 heteroatoms. The van der Waals surface area contributed by atoms with Crippen LogP contribution in [0.15, 0.2) is 18.6 Å². The lowest BCUT2D eigenvalue weighted by Crippen LogP contribution is -2.31. The standard InChI is InChI=1S/C10H13N2O/c1-3-5-8-13-10-9-12(4-2)7-6-11-10/h1,6-7,9H,4-5,8H2,2H3/q+1. The fourth-order valence-electron chi connectivity index (χ4n) is 0.896. The summed E-state index contributed by atoms with van der Waals surface area (Å²) >= 11 is 0. The molecule has 0 unspecified atom stereocenters. The summed E-state index contributed by atoms with van der Waals surface area (Å²) in [6.07, 6.45) is 11.2. The van der Waals surface area contributed by atoms with Crippen LogP contribution >= 0.6 is 0 Å². The SMILES string of the molecule is C#CCCOc1c[n+](CC)ccn1. The molecular formula is C10H13N2O+. The molecule has 0 N–H and O–H groups in total. The first-order chi connectivity index (χ1) is 6.36. The molecule has 0 saturated heterocycles. The highest BCUT2D eigenvalue weighted by molar-refractivity contribution is 4.97. The van der Waals surface area contributed by atoms with Gasteiger partial charge in [-0.05, 0) is 6.92 Å². The van der Waals surface area contributed by atoms with E-state index in [0.717, 1.165) is 6.54 Å². The molecule has 1 aromatic rings. The van der Waals surface area contributed by atoms with Crippen LogP contribution in [-0.2, 0) is 6.54 Å². The van der Waals surface area contributed by atoms with Gasteiger partial charge >= 0.3 is 0 Å². The lowest BCUT2D eigenvalue weighted by atomic mass is 10.5. The first-order valence-corrected chi connectivity index (χ1v) is 4.28. The maximum Gasteiger partial charge on any atom is 0.279 e. The third-order valence-corrected chi connectivity index (χ3v) is 1.60. The van der Waals surface area contributed by atoms with Crippen molar-refractivity contribution >= 4 is 0 Å². The van der Waals surface area contributed by atoms with Crippen molar-refractivity contribution in [3.8, 4) is 18.2 Å². The molecule has 1 aromatic heterocycles. The molecule has 0 saturated carbocycles. The number of hydrogen-bond donors (Lipinski definition) is 0. The number of hydrogen-bond acceptors (Lipinski definition) is 2. The molecule has 0 atom stereocenters. The van der Waals surface area contributed by atoms with Crippen molar-refractivity contribution in [1.29, 1.82) is 0 Å². The molecule has 68 valence electrons. The third kappa shape index (κ3) is 3.12. The Bertz CT molecular complexity index is 304. The van der Waals surface area contributed by atoms with Gasteiger partial charge in [-0.15, -0.1) is 12.3 Å². The van der Waals surface area contributed by atoms with Crippen molar-refractivity contribution < 1.29 is 9.30 Å². The van der Waals surface area contributed by atoms with Crippen molar-refractivity contribution in [2.45, 2.75) is 19.9 Å². The van der Waals surface area contributed by atoms with Crippen molar-refractivity contribution in [2.75, 3.05) is 6.61 Å². The summed E-state index contributed by atoms with van der Waals surface area (Å²) in [5.41, 5.74) is 0. The quantitative estimate of drug-likeness (QED) is 0.386. The second-order valence-corrected chi connectivity index (χ2v) is 2.53. The number of aromatic nitrogens is 2. The fraction of sp³-hybridized carbons (Fsp3) is 0.400. The van der Waals surface area contributed by atoms with E-state index in [9.17, 15) is 0 Å². The van der Waals surface area contributed by atoms with Crippen LogP contribution < -0.4 is 9.30 Å². The monoisotopic (exact) mass is 177 g/mol. The minimum Gasteiger partial charge on any atom is -0.472 e. The van der Waals surface area contributed by atoms with Crippen LogP contribution in [0.3, 0.4) is 0 Å². The number of rotatable bonds is 4. The van der Waals surface area contributed by atoms with Gasteiger partial charge in [0.25, 0.3) is 5.88 Å². The van der Waals surface area contributed by atoms with E-state index in [1.807, 2.05) is 17.0 Å². The van der Waals surface area contributed by atoms with Gasteiger partial charge in [0.2, 0.25) is 6.20 Å². The summed E-state index contributed by atoms with van der Waals surface area (Å²) in [6.45, 7) is 3.50. The maximum atomic E-state index is 5.31. The molecule has 0 aliphatic heterocycles. The van der Waals surface area contributed by atoms with Gasteiger partial charge in [-0.25, -0.2) is 4.98 Å². The van der Waals surface area contributed by atoms with E-state index in [4.69, 9.17) is 11.2 Å². The van der Waals surface area contributed by atoms with Gasteiger partial charge in [0.05, 0.1) is 6.20 Å². The first-order valence-electron chi connectivity index (χ1n) is 4.28. The Balaban J connectivity index is 2.52. The molecule has 13 heavy (non-hydrogen) atoms. The Hall–Kier alpha value is -1.56. The molecule has 0 aliphatic carbocycles. The zero-order valence-electron chi connectivity index (χ0n) is 7.73. The van der Waals surface area contributed by atoms with Gasteiger partial charge in [-0.1, -0.05) is 0 Å². The second-order valence-electron chi connectivity index (χ2n) is 2.53. The summed E-state index contributed by atoms with van der Waals surface area (Å²) in [4.78, 5) is 4.05. The lowest BCUT2D eigenvalue weighted by molar-refractivity contribution is -0.694. The van der Waals surface area contributed by atoms with Crippen LogP contribution in [0.5, 0.6) is 5.88 Å². The average molecular weight is 177 g/mol. The zero-order valence-corrected chi connectivity index (χ0v) is 7.73. The third-order valence-electron chi connectivity index (χ3n) is 1.60. The van der Waals surface area contributed by atoms with Crippen LogP contribution in [0.2, 0.25) is 0 Å². The lowest BCUT2D eigenvalue weighted by Gasteiger charge is -2.00. The van der Waals surface area contributed by atoms with Crippen molar-refractivity contribution in [1.82, 2.24) is 4.98 Å². The second kappa shape index (κ2) is 5.15. The highest BCUT2D eigenvalue weighted by Gasteiger charge is 2.01. The Morgan fingerprint density at radius 1 is 1.69 bits per heavy atom. The Kier molecular flexibility index (Phi) is 3.77. The maximum absolute atomic E-state index is 5.31. The molecule has 1 rings (SSSR count). The Labute approximate surface area is 78.4 Å². The largest absolute Gasteiger partial charge is 0.472 e. The van der Waals surface area contributed by atoms with Crippen molar-refractivity contribution in [3.05, 3.63) is 18.6 Å². The topological polar surface area (TPSA) is 26.0 Å². The van der Waals surface area contributed by atoms with Gasteiger partial charge in [0, 0.05) is 6.42 Å². The Morgan fingerprint density at radius 3 is 3.23 bits per heavy atom. The smallest absolute Gasteiger partial charge is 0.279 e. The molecule has 0 fully saturated rings. The van der Waals surface area contributed by atoms with E-state index in [1.165, 1.54) is 0 Å². The molecule has 0 aromatic carbocycles. The summed E-state index contributed by atoms with van der Waals surface area (Å²) in [7, 11) is 0. The summed E-state index contributed by atoms with van der Waals surface area (Å²) < 4.78 is 7.31. The molecule has 1 heterocycles. The number of nitrogens with zero attached hydrogens (tertiary/aromatic N) is 2. The van der Waals surface area contributed by atoms with E-state index < -0.39 is 0 Å². The summed E-state index contributed by atoms with van der Waals surface area (Å²) in [5.74, 6) is 3.13. The zero-order chi connectivity index (χ0) is 9.52. The van der Waals surface area contributed by atoms with Gasteiger partial charge in [0.1, 0.15) is 13.2 Å². The number of aryl methyl sites for hydroxylation is 1. The minimum atomic E-state index is 0.525. The molecule has 0 spiro atoms. The Morgan fingerprint density at radius 2 is 2.54 bits per heavy atom. The van der Waals surface area contributed by atoms with E-state index >= 15 is 0 Å². The molecule has 0 bridgehead atoms. The van der Waals surface area contributed by atoms with Crippen molar-refractivity contribution in [2.24, 2.45) is 0 Å². The van der Waals surface area contributed by atoms with Gasteiger partial charge < -0.3 is 4.74 Å². The number of ether oxygens (including phenoxy) is 1. The van der Waals surface area contributed by atoms with Gasteiger partial charge in [0.15, 0.2) is 6.20 Å².